The van der Waals surface area contributed by atoms with E-state index in [1.165, 1.54) is 6.07 Å². The molecule has 5 heteroatoms. The van der Waals surface area contributed by atoms with Crippen LogP contribution in [0.2, 0.25) is 0 Å². The Morgan fingerprint density at radius 2 is 2.25 bits per heavy atom. The molecule has 12 heavy (non-hydrogen) atoms. The Morgan fingerprint density at radius 3 is 2.75 bits per heavy atom. The van der Waals surface area contributed by atoms with Crippen molar-refractivity contribution in [3.8, 4) is 0 Å². The Kier molecular flexibility index (Phi) is 2.78. The summed E-state index contributed by atoms with van der Waals surface area (Å²) in [5.41, 5.74) is 0.122. The monoisotopic (exact) mass is 231 g/mol. The average Bonchev–Trinajstić information content (AvgIpc) is 2.03. The number of rotatable bonds is 2. The molecule has 2 N–H and O–H groups in total. The van der Waals surface area contributed by atoms with Crippen molar-refractivity contribution < 1.29 is 15.0 Å². The lowest BCUT2D eigenvalue weighted by Gasteiger charge is -2.03. The Balaban J connectivity index is 2.95. The van der Waals surface area contributed by atoms with Gasteiger partial charge in [0.2, 0.25) is 0 Å². The van der Waals surface area contributed by atoms with Gasteiger partial charge in [-0.2, -0.15) is 0 Å². The van der Waals surface area contributed by atoms with E-state index >= 15 is 0 Å². The van der Waals surface area contributed by atoms with Crippen LogP contribution in [0.15, 0.2) is 22.8 Å². The van der Waals surface area contributed by atoms with Crippen molar-refractivity contribution in [3.05, 3.63) is 28.5 Å². The van der Waals surface area contributed by atoms with Gasteiger partial charge < -0.3 is 10.2 Å². The van der Waals surface area contributed by atoms with Gasteiger partial charge in [0.1, 0.15) is 4.60 Å². The number of carboxylic acids is 1. The highest BCUT2D eigenvalue weighted by molar-refractivity contribution is 9.10. The van der Waals surface area contributed by atoms with Gasteiger partial charge in [0.25, 0.3) is 0 Å². The number of aliphatic hydroxyl groups is 1. The molecule has 4 nitrogen and oxygen atoms in total. The molecule has 64 valence electrons. The summed E-state index contributed by atoms with van der Waals surface area (Å²) < 4.78 is 0.500. The fourth-order valence-corrected chi connectivity index (χ4v) is 1.06. The Morgan fingerprint density at radius 1 is 1.58 bits per heavy atom. The molecule has 0 aliphatic heterocycles. The fourth-order valence-electron chi connectivity index (χ4n) is 0.703. The van der Waals surface area contributed by atoms with E-state index < -0.39 is 12.1 Å². The number of nitrogens with zero attached hydrogens (tertiary/aromatic N) is 1. The van der Waals surface area contributed by atoms with E-state index in [0.717, 1.165) is 0 Å². The van der Waals surface area contributed by atoms with Crippen molar-refractivity contribution in [2.24, 2.45) is 0 Å². The molecule has 0 aromatic carbocycles. The Bertz CT molecular complexity index is 302. The van der Waals surface area contributed by atoms with Crippen molar-refractivity contribution >= 4 is 21.9 Å². The molecule has 0 saturated heterocycles. The summed E-state index contributed by atoms with van der Waals surface area (Å²) in [6.45, 7) is 0. The van der Waals surface area contributed by atoms with E-state index in [-0.39, 0.29) is 5.69 Å². The van der Waals surface area contributed by atoms with Crippen LogP contribution < -0.4 is 0 Å². The molecular formula is C7H6BrNO3. The Labute approximate surface area is 77.0 Å². The lowest BCUT2D eigenvalue weighted by Crippen LogP contribution is -2.11. The van der Waals surface area contributed by atoms with E-state index in [9.17, 15) is 4.79 Å². The quantitative estimate of drug-likeness (QED) is 0.745. The second-order valence-corrected chi connectivity index (χ2v) is 2.94. The highest BCUT2D eigenvalue weighted by Crippen LogP contribution is 2.13. The van der Waals surface area contributed by atoms with Crippen molar-refractivity contribution in [1.29, 1.82) is 0 Å². The molecule has 1 aromatic heterocycles. The first kappa shape index (κ1) is 9.15. The van der Waals surface area contributed by atoms with E-state index in [2.05, 4.69) is 20.9 Å². The number of aliphatic hydroxyl groups excluding tert-OH is 1. The first-order valence-corrected chi connectivity index (χ1v) is 3.94. The number of hydrogen-bond acceptors (Lipinski definition) is 3. The molecule has 0 aliphatic rings. The predicted molar refractivity (Wildman–Crippen MR) is 44.5 cm³/mol. The Hall–Kier alpha value is -0.940. The molecule has 1 aromatic rings. The van der Waals surface area contributed by atoms with Crippen molar-refractivity contribution in [1.82, 2.24) is 4.98 Å². The average molecular weight is 232 g/mol. The maximum absolute atomic E-state index is 10.3. The highest BCUT2D eigenvalue weighted by Gasteiger charge is 2.16. The minimum absolute atomic E-state index is 0.122. The van der Waals surface area contributed by atoms with Crippen LogP contribution in [-0.4, -0.2) is 21.2 Å². The van der Waals surface area contributed by atoms with Crippen LogP contribution in [0.5, 0.6) is 0 Å². The molecule has 1 atom stereocenters. The molecular weight excluding hydrogens is 226 g/mol. The molecule has 0 spiro atoms. The number of halogens is 1. The van der Waals surface area contributed by atoms with Gasteiger partial charge in [-0.15, -0.1) is 0 Å². The minimum atomic E-state index is -1.55. The van der Waals surface area contributed by atoms with E-state index in [1.807, 2.05) is 0 Å². The van der Waals surface area contributed by atoms with E-state index in [4.69, 9.17) is 10.2 Å². The van der Waals surface area contributed by atoms with Gasteiger partial charge in [0.15, 0.2) is 6.10 Å². The zero-order valence-corrected chi connectivity index (χ0v) is 7.52. The van der Waals surface area contributed by atoms with Gasteiger partial charge in [0.05, 0.1) is 5.69 Å². The van der Waals surface area contributed by atoms with Crippen LogP contribution in [0.4, 0.5) is 0 Å². The summed E-state index contributed by atoms with van der Waals surface area (Å²) in [4.78, 5) is 14.1. The summed E-state index contributed by atoms with van der Waals surface area (Å²) >= 11 is 3.06. The lowest BCUT2D eigenvalue weighted by atomic mass is 10.2. The zero-order valence-electron chi connectivity index (χ0n) is 5.94. The molecule has 0 saturated carbocycles. The highest BCUT2D eigenvalue weighted by atomic mass is 79.9. The van der Waals surface area contributed by atoms with Crippen LogP contribution >= 0.6 is 15.9 Å². The summed E-state index contributed by atoms with van der Waals surface area (Å²) in [6, 6.07) is 4.71. The predicted octanol–water partition coefficient (Wildman–Crippen LogP) is 0.962. The number of pyridine rings is 1. The maximum atomic E-state index is 10.3. The van der Waals surface area contributed by atoms with Gasteiger partial charge in [-0.3, -0.25) is 0 Å². The van der Waals surface area contributed by atoms with Gasteiger partial charge >= 0.3 is 5.97 Å². The molecule has 1 heterocycles. The fraction of sp³-hybridized carbons (Fsp3) is 0.143. The molecule has 0 aliphatic carbocycles. The minimum Gasteiger partial charge on any atom is -0.479 e. The molecule has 1 unspecified atom stereocenters. The van der Waals surface area contributed by atoms with Crippen LogP contribution in [0.25, 0.3) is 0 Å². The summed E-state index contributed by atoms with van der Waals surface area (Å²) in [5, 5.41) is 17.5. The SMILES string of the molecule is O=C(O)C(O)c1cccc(Br)n1. The van der Waals surface area contributed by atoms with Gasteiger partial charge in [-0.25, -0.2) is 9.78 Å². The third kappa shape index (κ3) is 2.02. The molecule has 1 rings (SSSR count). The summed E-state index contributed by atoms with van der Waals surface area (Å²) in [5.74, 6) is -1.30. The maximum Gasteiger partial charge on any atom is 0.338 e. The number of aliphatic carboxylic acids is 1. The number of carboxylic acid groups (broad SMARTS) is 1. The molecule has 0 radical (unpaired) electrons. The first-order valence-electron chi connectivity index (χ1n) is 3.14. The van der Waals surface area contributed by atoms with Gasteiger partial charge in [-0.1, -0.05) is 6.07 Å². The second-order valence-electron chi connectivity index (χ2n) is 2.13. The zero-order chi connectivity index (χ0) is 9.14. The molecule has 0 bridgehead atoms. The topological polar surface area (TPSA) is 70.4 Å². The van der Waals surface area contributed by atoms with Crippen molar-refractivity contribution in [3.63, 3.8) is 0 Å². The van der Waals surface area contributed by atoms with E-state index in [0.29, 0.717) is 4.60 Å². The lowest BCUT2D eigenvalue weighted by molar-refractivity contribution is -0.147. The summed E-state index contributed by atoms with van der Waals surface area (Å²) in [7, 11) is 0. The molecule has 0 fully saturated rings. The summed E-state index contributed by atoms with van der Waals surface area (Å²) in [6.07, 6.45) is -1.55. The third-order valence-electron chi connectivity index (χ3n) is 1.25. The normalized spacial score (nSPS) is 12.5. The second kappa shape index (κ2) is 3.64. The van der Waals surface area contributed by atoms with Gasteiger partial charge in [-0.05, 0) is 28.1 Å². The smallest absolute Gasteiger partial charge is 0.338 e. The number of carbonyl (C=O) groups is 1. The number of hydrogen-bond donors (Lipinski definition) is 2. The van der Waals surface area contributed by atoms with E-state index in [1.54, 1.807) is 12.1 Å². The standard InChI is InChI=1S/C7H6BrNO3/c8-5-3-1-2-4(9-5)6(10)7(11)12/h1-3,6,10H,(H,11,12). The van der Waals surface area contributed by atoms with Gasteiger partial charge in [0, 0.05) is 0 Å². The van der Waals surface area contributed by atoms with Crippen molar-refractivity contribution in [2.75, 3.05) is 0 Å². The van der Waals surface area contributed by atoms with Crippen LogP contribution in [0, 0.1) is 0 Å². The van der Waals surface area contributed by atoms with Crippen LogP contribution in [0.1, 0.15) is 11.8 Å². The van der Waals surface area contributed by atoms with Crippen molar-refractivity contribution in [2.45, 2.75) is 6.10 Å². The molecule has 0 amide bonds. The third-order valence-corrected chi connectivity index (χ3v) is 1.69. The van der Waals surface area contributed by atoms with Crippen LogP contribution in [0.3, 0.4) is 0 Å². The first-order chi connectivity index (χ1) is 5.61. The number of aromatic nitrogens is 1. The largest absolute Gasteiger partial charge is 0.479 e. The van der Waals surface area contributed by atoms with Crippen LogP contribution in [-0.2, 0) is 4.79 Å².